The Morgan fingerprint density at radius 2 is 1.97 bits per heavy atom. The minimum absolute atomic E-state index is 0.00484. The lowest BCUT2D eigenvalue weighted by Crippen LogP contribution is -2.32. The smallest absolute Gasteiger partial charge is 0.279 e. The largest absolute Gasteiger partial charge is 0.483 e. The molecular formula is C21H25N5O3. The fourth-order valence-electron chi connectivity index (χ4n) is 3.63. The number of likely N-dealkylation sites (tertiary alicyclic amines) is 1. The number of H-pyrrole nitrogens is 2. The van der Waals surface area contributed by atoms with Crippen molar-refractivity contribution >= 4 is 16.9 Å². The first-order valence-electron chi connectivity index (χ1n) is 9.98. The summed E-state index contributed by atoms with van der Waals surface area (Å²) in [7, 11) is 0. The summed E-state index contributed by atoms with van der Waals surface area (Å²) < 4.78 is 5.82. The van der Waals surface area contributed by atoms with Gasteiger partial charge in [-0.2, -0.15) is 5.10 Å². The minimum Gasteiger partial charge on any atom is -0.483 e. The van der Waals surface area contributed by atoms with Crippen LogP contribution in [0.1, 0.15) is 49.7 Å². The van der Waals surface area contributed by atoms with E-state index >= 15 is 0 Å². The summed E-state index contributed by atoms with van der Waals surface area (Å²) in [6.45, 7) is 5.67. The van der Waals surface area contributed by atoms with Gasteiger partial charge in [0.25, 0.3) is 11.5 Å². The van der Waals surface area contributed by atoms with Crippen LogP contribution in [0.25, 0.3) is 11.0 Å². The van der Waals surface area contributed by atoms with Gasteiger partial charge in [-0.05, 0) is 24.8 Å². The average molecular weight is 395 g/mol. The molecular weight excluding hydrogens is 370 g/mol. The molecule has 8 nitrogen and oxygen atoms in total. The molecule has 0 aliphatic carbocycles. The second-order valence-electron chi connectivity index (χ2n) is 7.66. The molecule has 0 spiro atoms. The van der Waals surface area contributed by atoms with E-state index in [0.717, 1.165) is 37.2 Å². The van der Waals surface area contributed by atoms with Gasteiger partial charge in [0.05, 0.1) is 5.69 Å². The number of nitrogens with zero attached hydrogens (tertiary/aromatic N) is 3. The van der Waals surface area contributed by atoms with Gasteiger partial charge in [0.1, 0.15) is 17.1 Å². The van der Waals surface area contributed by atoms with Crippen LogP contribution in [0.5, 0.6) is 5.75 Å². The first-order chi connectivity index (χ1) is 14.0. The molecule has 8 heteroatoms. The number of aromatic nitrogens is 4. The molecule has 0 radical (unpaired) electrons. The number of hydrogen-bond acceptors (Lipinski definition) is 5. The van der Waals surface area contributed by atoms with Gasteiger partial charge in [-0.25, -0.2) is 4.98 Å². The maximum atomic E-state index is 12.4. The lowest BCUT2D eigenvalue weighted by atomic mass is 10.1. The number of amides is 1. The van der Waals surface area contributed by atoms with Crippen LogP contribution in [0.2, 0.25) is 0 Å². The highest BCUT2D eigenvalue weighted by Gasteiger charge is 2.19. The molecule has 0 unspecified atom stereocenters. The predicted molar refractivity (Wildman–Crippen MR) is 109 cm³/mol. The summed E-state index contributed by atoms with van der Waals surface area (Å²) in [5.41, 5.74) is 2.35. The quantitative estimate of drug-likeness (QED) is 0.667. The fourth-order valence-corrected chi connectivity index (χ4v) is 3.63. The van der Waals surface area contributed by atoms with Gasteiger partial charge in [0, 0.05) is 25.1 Å². The normalized spacial score (nSPS) is 14.1. The van der Waals surface area contributed by atoms with Crippen LogP contribution in [-0.2, 0) is 11.2 Å². The third-order valence-corrected chi connectivity index (χ3v) is 5.21. The number of ether oxygens (including phenoxy) is 1. The van der Waals surface area contributed by atoms with E-state index in [1.807, 2.05) is 43.0 Å². The fraction of sp³-hybridized carbons (Fsp3) is 0.429. The molecule has 3 heterocycles. The van der Waals surface area contributed by atoms with Crippen LogP contribution in [0, 0.1) is 0 Å². The number of para-hydroxylation sites is 1. The predicted octanol–water partition coefficient (Wildman–Crippen LogP) is 2.36. The Balaban J connectivity index is 1.56. The number of carbonyl (C=O) groups excluding carboxylic acids is 1. The van der Waals surface area contributed by atoms with Crippen molar-refractivity contribution < 1.29 is 9.53 Å². The molecule has 2 N–H and O–H groups in total. The standard InChI is InChI=1S/C21H25N5O3/c1-13(2)18-19-20(25-24-18)21(28)23-16(22-19)11-14-7-3-4-8-15(14)29-12-17(27)26-9-5-6-10-26/h3-4,7-8,13H,5-6,9-12H2,1-2H3,(H,24,25)(H,22,23,28). The van der Waals surface area contributed by atoms with E-state index in [1.165, 1.54) is 0 Å². The molecule has 1 fully saturated rings. The lowest BCUT2D eigenvalue weighted by Gasteiger charge is -2.16. The van der Waals surface area contributed by atoms with E-state index in [2.05, 4.69) is 20.2 Å². The molecule has 1 saturated heterocycles. The number of aromatic amines is 2. The molecule has 4 rings (SSSR count). The molecule has 0 saturated carbocycles. The number of fused-ring (bicyclic) bond motifs is 1. The number of carbonyl (C=O) groups is 1. The zero-order chi connectivity index (χ0) is 20.4. The monoisotopic (exact) mass is 395 g/mol. The summed E-state index contributed by atoms with van der Waals surface area (Å²) in [6, 6.07) is 7.52. The van der Waals surface area contributed by atoms with Crippen molar-refractivity contribution in [3.63, 3.8) is 0 Å². The molecule has 0 atom stereocenters. The van der Waals surface area contributed by atoms with Crippen molar-refractivity contribution in [1.82, 2.24) is 25.1 Å². The van der Waals surface area contributed by atoms with E-state index in [9.17, 15) is 9.59 Å². The Morgan fingerprint density at radius 3 is 2.72 bits per heavy atom. The Kier molecular flexibility index (Phi) is 5.33. The second kappa shape index (κ2) is 8.06. The molecule has 1 aliphatic rings. The van der Waals surface area contributed by atoms with Crippen LogP contribution >= 0.6 is 0 Å². The van der Waals surface area contributed by atoms with E-state index < -0.39 is 0 Å². The van der Waals surface area contributed by atoms with Crippen molar-refractivity contribution in [1.29, 1.82) is 0 Å². The molecule has 1 amide bonds. The van der Waals surface area contributed by atoms with Gasteiger partial charge in [-0.1, -0.05) is 32.0 Å². The molecule has 1 aromatic carbocycles. The van der Waals surface area contributed by atoms with Crippen molar-refractivity contribution in [3.05, 3.63) is 51.7 Å². The van der Waals surface area contributed by atoms with Crippen molar-refractivity contribution in [2.45, 2.75) is 39.0 Å². The van der Waals surface area contributed by atoms with E-state index in [4.69, 9.17) is 4.74 Å². The molecule has 3 aromatic rings. The van der Waals surface area contributed by atoms with Gasteiger partial charge in [0.2, 0.25) is 0 Å². The second-order valence-corrected chi connectivity index (χ2v) is 7.66. The molecule has 1 aliphatic heterocycles. The van der Waals surface area contributed by atoms with E-state index in [1.54, 1.807) is 0 Å². The number of hydrogen-bond donors (Lipinski definition) is 2. The SMILES string of the molecule is CC(C)c1[nH]nc2c(=O)[nH]c(Cc3ccccc3OCC(=O)N3CCCC3)nc12. The van der Waals surface area contributed by atoms with Crippen LogP contribution in [0.4, 0.5) is 0 Å². The maximum Gasteiger partial charge on any atom is 0.279 e. The molecule has 2 aromatic heterocycles. The summed E-state index contributed by atoms with van der Waals surface area (Å²) in [4.78, 5) is 34.0. The first-order valence-corrected chi connectivity index (χ1v) is 9.98. The highest BCUT2D eigenvalue weighted by molar-refractivity contribution is 5.78. The Morgan fingerprint density at radius 1 is 1.21 bits per heavy atom. The van der Waals surface area contributed by atoms with Crippen LogP contribution < -0.4 is 10.3 Å². The third kappa shape index (κ3) is 4.01. The minimum atomic E-state index is -0.268. The maximum absolute atomic E-state index is 12.4. The highest BCUT2D eigenvalue weighted by Crippen LogP contribution is 2.23. The number of benzene rings is 1. The van der Waals surface area contributed by atoms with E-state index in [0.29, 0.717) is 29.0 Å². The van der Waals surface area contributed by atoms with Crippen molar-refractivity contribution in [2.75, 3.05) is 19.7 Å². The zero-order valence-electron chi connectivity index (χ0n) is 16.7. The number of nitrogens with one attached hydrogen (secondary N) is 2. The molecule has 0 bridgehead atoms. The van der Waals surface area contributed by atoms with Crippen LogP contribution in [0.15, 0.2) is 29.1 Å². The Hall–Kier alpha value is -3.16. The van der Waals surface area contributed by atoms with Crippen molar-refractivity contribution in [3.8, 4) is 5.75 Å². The van der Waals surface area contributed by atoms with Crippen LogP contribution in [-0.4, -0.2) is 50.7 Å². The summed E-state index contributed by atoms with van der Waals surface area (Å²) in [5.74, 6) is 1.34. The van der Waals surface area contributed by atoms with Gasteiger partial charge in [-0.15, -0.1) is 0 Å². The summed E-state index contributed by atoms with van der Waals surface area (Å²) in [5, 5.41) is 7.01. The van der Waals surface area contributed by atoms with Gasteiger partial charge in [0.15, 0.2) is 12.1 Å². The van der Waals surface area contributed by atoms with Gasteiger partial charge >= 0.3 is 0 Å². The Bertz CT molecular complexity index is 1080. The van der Waals surface area contributed by atoms with Crippen LogP contribution in [0.3, 0.4) is 0 Å². The average Bonchev–Trinajstić information content (AvgIpc) is 3.37. The third-order valence-electron chi connectivity index (χ3n) is 5.21. The molecule has 29 heavy (non-hydrogen) atoms. The van der Waals surface area contributed by atoms with Gasteiger partial charge < -0.3 is 14.6 Å². The van der Waals surface area contributed by atoms with E-state index in [-0.39, 0.29) is 24.0 Å². The highest BCUT2D eigenvalue weighted by atomic mass is 16.5. The van der Waals surface area contributed by atoms with Crippen molar-refractivity contribution in [2.24, 2.45) is 0 Å². The molecule has 152 valence electrons. The summed E-state index contributed by atoms with van der Waals surface area (Å²) in [6.07, 6.45) is 2.49. The zero-order valence-corrected chi connectivity index (χ0v) is 16.7. The number of rotatable bonds is 6. The first kappa shape index (κ1) is 19.2. The Labute approximate surface area is 168 Å². The van der Waals surface area contributed by atoms with Gasteiger partial charge in [-0.3, -0.25) is 14.7 Å². The topological polar surface area (TPSA) is 104 Å². The lowest BCUT2D eigenvalue weighted by molar-refractivity contribution is -0.132. The summed E-state index contributed by atoms with van der Waals surface area (Å²) >= 11 is 0.